The van der Waals surface area contributed by atoms with Gasteiger partial charge in [0, 0.05) is 24.7 Å². The van der Waals surface area contributed by atoms with Crippen molar-refractivity contribution in [3.8, 4) is 0 Å². The highest BCUT2D eigenvalue weighted by Crippen LogP contribution is 2.05. The largest absolute Gasteiger partial charge is 0.481 e. The van der Waals surface area contributed by atoms with Crippen LogP contribution in [-0.4, -0.2) is 91.8 Å². The van der Waals surface area contributed by atoms with E-state index in [1.54, 1.807) is 0 Å². The zero-order valence-electron chi connectivity index (χ0n) is 20.0. The molecule has 5 unspecified atom stereocenters. The fourth-order valence-electron chi connectivity index (χ4n) is 3.19. The molecule has 202 valence electrons. The van der Waals surface area contributed by atoms with Crippen LogP contribution in [0.2, 0.25) is 0 Å². The monoisotopic (exact) mass is 513 g/mol. The number of H-pyrrole nitrogens is 1. The van der Waals surface area contributed by atoms with E-state index in [0.29, 0.717) is 31.5 Å². The van der Waals surface area contributed by atoms with Crippen LogP contribution in [0.5, 0.6) is 0 Å². The van der Waals surface area contributed by atoms with Gasteiger partial charge in [0.05, 0.1) is 18.5 Å². The molecule has 1 rings (SSSR count). The van der Waals surface area contributed by atoms with Crippen LogP contribution >= 0.6 is 0 Å². The third-order valence-corrected chi connectivity index (χ3v) is 5.24. The maximum atomic E-state index is 12.9. The number of amides is 3. The lowest BCUT2D eigenvalue weighted by atomic mass is 10.1. The van der Waals surface area contributed by atoms with E-state index in [2.05, 4.69) is 25.9 Å². The molecule has 3 amide bonds. The molecule has 1 heterocycles. The van der Waals surface area contributed by atoms with Gasteiger partial charge in [-0.1, -0.05) is 6.42 Å². The Kier molecular flexibility index (Phi) is 13.1. The summed E-state index contributed by atoms with van der Waals surface area (Å²) in [5.74, 6) is -5.19. The zero-order valence-corrected chi connectivity index (χ0v) is 20.0. The van der Waals surface area contributed by atoms with Gasteiger partial charge in [-0.15, -0.1) is 0 Å². The van der Waals surface area contributed by atoms with Crippen molar-refractivity contribution in [3.05, 3.63) is 18.2 Å². The summed E-state index contributed by atoms with van der Waals surface area (Å²) in [6.45, 7) is 1.70. The summed E-state index contributed by atoms with van der Waals surface area (Å²) in [7, 11) is 0. The number of aromatic amines is 1. The third kappa shape index (κ3) is 10.8. The number of carbonyl (C=O) groups excluding carboxylic acids is 3. The molecule has 1 aromatic rings. The number of aromatic nitrogens is 2. The van der Waals surface area contributed by atoms with Gasteiger partial charge in [0.25, 0.3) is 0 Å². The molecule has 36 heavy (non-hydrogen) atoms. The molecule has 0 fully saturated rings. The van der Waals surface area contributed by atoms with Crippen LogP contribution in [0.3, 0.4) is 0 Å². The van der Waals surface area contributed by atoms with Crippen molar-refractivity contribution in [2.75, 3.05) is 6.54 Å². The minimum Gasteiger partial charge on any atom is -0.481 e. The summed E-state index contributed by atoms with van der Waals surface area (Å²) < 4.78 is 0. The van der Waals surface area contributed by atoms with Crippen LogP contribution in [0.1, 0.15) is 44.7 Å². The predicted octanol–water partition coefficient (Wildman–Crippen LogP) is -2.81. The van der Waals surface area contributed by atoms with Gasteiger partial charge in [0.15, 0.2) is 0 Å². The summed E-state index contributed by atoms with van der Waals surface area (Å²) >= 11 is 0. The first-order chi connectivity index (χ1) is 17.0. The lowest BCUT2D eigenvalue weighted by Crippen LogP contribution is -2.60. The number of nitrogens with two attached hydrogens (primary N) is 2. The Hall–Kier alpha value is -3.56. The van der Waals surface area contributed by atoms with Crippen molar-refractivity contribution < 1.29 is 39.3 Å². The third-order valence-electron chi connectivity index (χ3n) is 5.24. The van der Waals surface area contributed by atoms with Crippen molar-refractivity contribution in [1.29, 1.82) is 0 Å². The molecule has 0 aliphatic carbocycles. The SMILES string of the molecule is CC(O)C(NC(=O)C(N)CCCCN)C(=O)NC(Cc1cnc[nH]1)C(=O)NC(CCC(=O)O)C(=O)O. The van der Waals surface area contributed by atoms with E-state index in [1.807, 2.05) is 0 Å². The van der Waals surface area contributed by atoms with E-state index in [1.165, 1.54) is 19.4 Å². The van der Waals surface area contributed by atoms with Crippen LogP contribution in [0.4, 0.5) is 0 Å². The van der Waals surface area contributed by atoms with E-state index in [9.17, 15) is 34.2 Å². The van der Waals surface area contributed by atoms with E-state index in [-0.39, 0.29) is 12.8 Å². The Bertz CT molecular complexity index is 878. The standard InChI is InChI=1S/C21H35N7O8/c1-11(29)17(28-18(32)13(23)4-2-3-7-22)20(34)27-15(8-12-9-24-10-25-12)19(33)26-14(21(35)36)5-6-16(30)31/h9-11,13-15,17,29H,2-8,22-23H2,1H3,(H,24,25)(H,26,33)(H,27,34)(H,28,32)(H,30,31)(H,35,36). The zero-order chi connectivity index (χ0) is 27.3. The van der Waals surface area contributed by atoms with Gasteiger partial charge in [0.1, 0.15) is 18.1 Å². The first kappa shape index (κ1) is 30.5. The molecule has 0 saturated carbocycles. The molecule has 0 aromatic carbocycles. The number of imidazole rings is 1. The van der Waals surface area contributed by atoms with Gasteiger partial charge < -0.3 is 47.7 Å². The fourth-order valence-corrected chi connectivity index (χ4v) is 3.19. The summed E-state index contributed by atoms with van der Waals surface area (Å²) in [5, 5.41) is 35.2. The first-order valence-electron chi connectivity index (χ1n) is 11.4. The predicted molar refractivity (Wildman–Crippen MR) is 125 cm³/mol. The van der Waals surface area contributed by atoms with E-state index in [0.717, 1.165) is 0 Å². The summed E-state index contributed by atoms with van der Waals surface area (Å²) in [5.41, 5.74) is 11.7. The summed E-state index contributed by atoms with van der Waals surface area (Å²) in [6.07, 6.45) is 1.92. The number of unbranched alkanes of at least 4 members (excludes halogenated alkanes) is 1. The van der Waals surface area contributed by atoms with Crippen molar-refractivity contribution in [3.63, 3.8) is 0 Å². The highest BCUT2D eigenvalue weighted by atomic mass is 16.4. The topological polar surface area (TPSA) is 263 Å². The number of hydrogen-bond donors (Lipinski definition) is 9. The summed E-state index contributed by atoms with van der Waals surface area (Å²) in [4.78, 5) is 67.1. The van der Waals surface area contributed by atoms with Crippen LogP contribution in [0.15, 0.2) is 12.5 Å². The second kappa shape index (κ2) is 15.4. The van der Waals surface area contributed by atoms with Crippen LogP contribution < -0.4 is 27.4 Å². The molecular formula is C21H35N7O8. The molecule has 0 aliphatic rings. The van der Waals surface area contributed by atoms with Crippen molar-refractivity contribution >= 4 is 29.7 Å². The summed E-state index contributed by atoms with van der Waals surface area (Å²) in [6, 6.07) is -5.27. The van der Waals surface area contributed by atoms with Crippen molar-refractivity contribution in [2.24, 2.45) is 11.5 Å². The molecule has 0 radical (unpaired) electrons. The Balaban J connectivity index is 2.98. The quantitative estimate of drug-likeness (QED) is 0.0960. The fraction of sp³-hybridized carbons (Fsp3) is 0.619. The van der Waals surface area contributed by atoms with E-state index >= 15 is 0 Å². The normalized spacial score (nSPS) is 15.1. The maximum absolute atomic E-state index is 12.9. The molecule has 15 nitrogen and oxygen atoms in total. The number of carbonyl (C=O) groups is 5. The number of aliphatic carboxylic acids is 2. The van der Waals surface area contributed by atoms with Crippen LogP contribution in [-0.2, 0) is 30.4 Å². The lowest BCUT2D eigenvalue weighted by Gasteiger charge is -2.26. The number of nitrogens with one attached hydrogen (secondary N) is 4. The molecule has 0 saturated heterocycles. The Morgan fingerprint density at radius 1 is 1.00 bits per heavy atom. The number of aliphatic hydroxyl groups is 1. The molecule has 0 aliphatic heterocycles. The average Bonchev–Trinajstić information content (AvgIpc) is 3.31. The van der Waals surface area contributed by atoms with Gasteiger partial charge in [0.2, 0.25) is 17.7 Å². The van der Waals surface area contributed by atoms with Gasteiger partial charge >= 0.3 is 11.9 Å². The highest BCUT2D eigenvalue weighted by molar-refractivity contribution is 5.94. The second-order valence-corrected chi connectivity index (χ2v) is 8.29. The number of rotatable bonds is 17. The molecule has 1 aromatic heterocycles. The number of aliphatic hydroxyl groups excluding tert-OH is 1. The minimum atomic E-state index is -1.52. The smallest absolute Gasteiger partial charge is 0.326 e. The number of hydrogen-bond acceptors (Lipinski definition) is 9. The van der Waals surface area contributed by atoms with Gasteiger partial charge in [-0.05, 0) is 32.7 Å². The average molecular weight is 514 g/mol. The van der Waals surface area contributed by atoms with Gasteiger partial charge in [-0.3, -0.25) is 19.2 Å². The van der Waals surface area contributed by atoms with Gasteiger partial charge in [-0.2, -0.15) is 0 Å². The first-order valence-corrected chi connectivity index (χ1v) is 11.4. The molecular weight excluding hydrogens is 478 g/mol. The molecule has 11 N–H and O–H groups in total. The maximum Gasteiger partial charge on any atom is 0.326 e. The number of carboxylic acid groups (broad SMARTS) is 2. The Labute approximate surface area is 207 Å². The van der Waals surface area contributed by atoms with Crippen LogP contribution in [0, 0.1) is 0 Å². The van der Waals surface area contributed by atoms with E-state index < -0.39 is 66.4 Å². The highest BCUT2D eigenvalue weighted by Gasteiger charge is 2.32. The Morgan fingerprint density at radius 3 is 2.19 bits per heavy atom. The van der Waals surface area contributed by atoms with Crippen molar-refractivity contribution in [1.82, 2.24) is 25.9 Å². The van der Waals surface area contributed by atoms with Crippen LogP contribution in [0.25, 0.3) is 0 Å². The van der Waals surface area contributed by atoms with E-state index in [4.69, 9.17) is 16.6 Å². The number of nitrogens with zero attached hydrogens (tertiary/aromatic N) is 1. The van der Waals surface area contributed by atoms with Gasteiger partial charge in [-0.25, -0.2) is 9.78 Å². The molecule has 15 heteroatoms. The second-order valence-electron chi connectivity index (χ2n) is 8.29. The molecule has 0 bridgehead atoms. The molecule has 0 spiro atoms. The minimum absolute atomic E-state index is 0.137. The lowest BCUT2D eigenvalue weighted by molar-refractivity contribution is -0.143. The Morgan fingerprint density at radius 2 is 1.67 bits per heavy atom. The number of carboxylic acids is 2. The van der Waals surface area contributed by atoms with Crippen molar-refractivity contribution in [2.45, 2.75) is 75.7 Å². The molecule has 5 atom stereocenters.